The number of nitrogens with zero attached hydrogens (tertiary/aromatic N) is 5. The van der Waals surface area contributed by atoms with E-state index < -0.39 is 48.1 Å². The zero-order valence-corrected chi connectivity index (χ0v) is 23.0. The number of piperazine rings is 1. The van der Waals surface area contributed by atoms with Gasteiger partial charge < -0.3 is 14.7 Å². The maximum absolute atomic E-state index is 14.5. The van der Waals surface area contributed by atoms with Crippen LogP contribution in [0.5, 0.6) is 5.75 Å². The topological polar surface area (TPSA) is 83.2 Å². The summed E-state index contributed by atoms with van der Waals surface area (Å²) in [5.41, 5.74) is -1.39. The number of alkyl halides is 3. The number of halogens is 5. The summed E-state index contributed by atoms with van der Waals surface area (Å²) in [4.78, 5) is 21.3. The van der Waals surface area contributed by atoms with Gasteiger partial charge in [0.25, 0.3) is 5.91 Å². The first-order valence-electron chi connectivity index (χ1n) is 13.2. The molecule has 1 saturated heterocycles. The van der Waals surface area contributed by atoms with Crippen molar-refractivity contribution in [2.75, 3.05) is 33.4 Å². The minimum absolute atomic E-state index is 0.0441. The smallest absolute Gasteiger partial charge is 0.433 e. The Labute approximate surface area is 237 Å². The average molecular weight is 590 g/mol. The van der Waals surface area contributed by atoms with Crippen LogP contribution >= 0.6 is 0 Å². The van der Waals surface area contributed by atoms with E-state index in [2.05, 4.69) is 10.1 Å². The maximum Gasteiger partial charge on any atom is 0.433 e. The van der Waals surface area contributed by atoms with E-state index in [-0.39, 0.29) is 47.7 Å². The van der Waals surface area contributed by atoms with Crippen LogP contribution in [0.4, 0.5) is 22.0 Å². The highest BCUT2D eigenvalue weighted by molar-refractivity contribution is 6.00. The molecule has 8 nitrogen and oxygen atoms in total. The summed E-state index contributed by atoms with van der Waals surface area (Å²) < 4.78 is 77.6. The molecule has 4 aromatic rings. The third kappa shape index (κ3) is 5.18. The fraction of sp³-hybridized carbons (Fsp3) is 0.345. The van der Waals surface area contributed by atoms with Crippen molar-refractivity contribution in [1.29, 1.82) is 0 Å². The molecule has 0 radical (unpaired) electrons. The number of aliphatic hydroxyl groups is 1. The minimum atomic E-state index is -4.79. The quantitative estimate of drug-likeness (QED) is 0.323. The van der Waals surface area contributed by atoms with Crippen LogP contribution in [-0.4, -0.2) is 74.8 Å². The molecule has 5 rings (SSSR count). The van der Waals surface area contributed by atoms with Crippen molar-refractivity contribution >= 4 is 11.6 Å². The summed E-state index contributed by atoms with van der Waals surface area (Å²) in [5.74, 6) is -1.65. The third-order valence-corrected chi connectivity index (χ3v) is 7.61. The van der Waals surface area contributed by atoms with Crippen molar-refractivity contribution in [3.05, 3.63) is 82.7 Å². The van der Waals surface area contributed by atoms with Crippen LogP contribution in [0.2, 0.25) is 0 Å². The molecule has 3 heterocycles. The van der Waals surface area contributed by atoms with E-state index in [1.165, 1.54) is 25.0 Å². The van der Waals surface area contributed by atoms with Gasteiger partial charge in [0.05, 0.1) is 31.6 Å². The molecule has 2 atom stereocenters. The molecule has 0 saturated carbocycles. The zero-order valence-electron chi connectivity index (χ0n) is 23.0. The fourth-order valence-corrected chi connectivity index (χ4v) is 5.53. The Morgan fingerprint density at radius 2 is 1.79 bits per heavy atom. The number of aromatic nitrogens is 3. The van der Waals surface area contributed by atoms with E-state index >= 15 is 0 Å². The van der Waals surface area contributed by atoms with Gasteiger partial charge in [-0.3, -0.25) is 9.69 Å². The van der Waals surface area contributed by atoms with Gasteiger partial charge in [-0.25, -0.2) is 18.3 Å². The number of carbonyl (C=O) groups excluding carboxylic acids is 1. The summed E-state index contributed by atoms with van der Waals surface area (Å²) in [6.07, 6.45) is -3.72. The number of rotatable bonds is 6. The summed E-state index contributed by atoms with van der Waals surface area (Å²) in [5, 5.41) is 13.9. The van der Waals surface area contributed by atoms with Gasteiger partial charge in [0.2, 0.25) is 0 Å². The van der Waals surface area contributed by atoms with E-state index in [0.717, 1.165) is 18.3 Å². The predicted octanol–water partition coefficient (Wildman–Crippen LogP) is 4.89. The van der Waals surface area contributed by atoms with Gasteiger partial charge in [-0.1, -0.05) is 6.07 Å². The highest BCUT2D eigenvalue weighted by Gasteiger charge is 2.40. The zero-order chi connectivity index (χ0) is 30.3. The van der Waals surface area contributed by atoms with Gasteiger partial charge in [-0.15, -0.1) is 0 Å². The number of amides is 1. The number of carbonyl (C=O) groups is 1. The molecule has 13 heteroatoms. The second kappa shape index (κ2) is 11.3. The van der Waals surface area contributed by atoms with E-state index in [1.54, 1.807) is 36.1 Å². The lowest BCUT2D eigenvalue weighted by atomic mass is 10.0. The number of methoxy groups -OCH3 is 1. The van der Waals surface area contributed by atoms with Crippen LogP contribution < -0.4 is 4.74 Å². The fourth-order valence-electron chi connectivity index (χ4n) is 5.53. The number of hydrogen-bond donors (Lipinski definition) is 1. The van der Waals surface area contributed by atoms with Crippen LogP contribution in [0.3, 0.4) is 0 Å². The monoisotopic (exact) mass is 589 g/mol. The number of ether oxygens (including phenoxy) is 1. The summed E-state index contributed by atoms with van der Waals surface area (Å²) in [6.45, 7) is 2.86. The number of aliphatic hydroxyl groups excluding tert-OH is 1. The van der Waals surface area contributed by atoms with Gasteiger partial charge in [0, 0.05) is 42.4 Å². The van der Waals surface area contributed by atoms with Crippen LogP contribution in [0.1, 0.15) is 40.1 Å². The molecule has 2 aromatic carbocycles. The Morgan fingerprint density at radius 3 is 2.36 bits per heavy atom. The van der Waals surface area contributed by atoms with E-state index in [9.17, 15) is 31.9 Å². The molecule has 222 valence electrons. The highest BCUT2D eigenvalue weighted by atomic mass is 19.4. The predicted molar refractivity (Wildman–Crippen MR) is 143 cm³/mol. The molecule has 1 unspecified atom stereocenters. The normalized spacial score (nSPS) is 17.1. The molecule has 1 aliphatic heterocycles. The molecule has 1 amide bonds. The summed E-state index contributed by atoms with van der Waals surface area (Å²) in [7, 11) is 1.47. The second-order valence-corrected chi connectivity index (χ2v) is 10.1. The van der Waals surface area contributed by atoms with E-state index in [1.807, 2.05) is 0 Å². The first-order chi connectivity index (χ1) is 20.0. The van der Waals surface area contributed by atoms with Gasteiger partial charge in [0.1, 0.15) is 22.9 Å². The van der Waals surface area contributed by atoms with Crippen molar-refractivity contribution in [2.24, 2.45) is 0 Å². The Balaban J connectivity index is 1.49. The lowest BCUT2D eigenvalue weighted by Crippen LogP contribution is -2.55. The summed E-state index contributed by atoms with van der Waals surface area (Å²) >= 11 is 0. The van der Waals surface area contributed by atoms with Crippen molar-refractivity contribution in [1.82, 2.24) is 24.4 Å². The number of fused-ring (bicyclic) bond motifs is 1. The molecular weight excluding hydrogens is 561 g/mol. The Bertz CT molecular complexity index is 1600. The van der Waals surface area contributed by atoms with Crippen LogP contribution in [0, 0.1) is 18.6 Å². The minimum Gasteiger partial charge on any atom is -0.497 e. The van der Waals surface area contributed by atoms with Gasteiger partial charge in [0.15, 0.2) is 11.3 Å². The lowest BCUT2D eigenvalue weighted by molar-refractivity contribution is -0.143. The SMILES string of the molecule is COc1ccc(-c2nc3c(C(=O)N4CCN(C(CO)c5c(F)cccc5F)C[C@H]4C)cnn3c(C(F)(F)F)c2C)cc1. The molecular formula is C29H28F5N5O3. The van der Waals surface area contributed by atoms with Crippen molar-refractivity contribution < 1.29 is 36.6 Å². The molecule has 1 aliphatic rings. The van der Waals surface area contributed by atoms with Crippen LogP contribution in [-0.2, 0) is 6.18 Å². The molecule has 42 heavy (non-hydrogen) atoms. The first kappa shape index (κ1) is 29.4. The van der Waals surface area contributed by atoms with Crippen molar-refractivity contribution in [3.63, 3.8) is 0 Å². The summed E-state index contributed by atoms with van der Waals surface area (Å²) in [6, 6.07) is 8.33. The molecule has 0 spiro atoms. The Kier molecular flexibility index (Phi) is 7.90. The molecule has 1 fully saturated rings. The first-order valence-corrected chi connectivity index (χ1v) is 13.2. The molecule has 2 aromatic heterocycles. The highest BCUT2D eigenvalue weighted by Crippen LogP contribution is 2.37. The van der Waals surface area contributed by atoms with Gasteiger partial charge in [-0.2, -0.15) is 18.3 Å². The standard InChI is InChI=1S/C29H28F5N5O3/c1-16-14-37(23(15-40)24-21(30)5-4-6-22(24)31)11-12-38(16)28(41)20-13-35-39-26(29(32,33)34)17(2)25(36-27(20)39)18-7-9-19(42-3)10-8-18/h4-10,13,16,23,40H,11-12,14-15H2,1-3H3/t16-,23?/m1/s1. The second-order valence-electron chi connectivity index (χ2n) is 10.1. The molecule has 0 bridgehead atoms. The molecule has 1 N–H and O–H groups in total. The van der Waals surface area contributed by atoms with Crippen molar-refractivity contribution in [3.8, 4) is 17.0 Å². The Hall–Kier alpha value is -4.10. The van der Waals surface area contributed by atoms with E-state index in [4.69, 9.17) is 4.74 Å². The maximum atomic E-state index is 14.5. The largest absolute Gasteiger partial charge is 0.497 e. The van der Waals surface area contributed by atoms with Crippen LogP contribution in [0.15, 0.2) is 48.7 Å². The Morgan fingerprint density at radius 1 is 1.12 bits per heavy atom. The number of benzene rings is 2. The van der Waals surface area contributed by atoms with Crippen LogP contribution in [0.25, 0.3) is 16.9 Å². The van der Waals surface area contributed by atoms with Gasteiger partial charge >= 0.3 is 6.18 Å². The van der Waals surface area contributed by atoms with E-state index in [0.29, 0.717) is 15.8 Å². The third-order valence-electron chi connectivity index (χ3n) is 7.61. The molecule has 0 aliphatic carbocycles. The van der Waals surface area contributed by atoms with Gasteiger partial charge in [-0.05, 0) is 50.2 Å². The van der Waals surface area contributed by atoms with Crippen molar-refractivity contribution in [2.45, 2.75) is 32.1 Å². The average Bonchev–Trinajstić information content (AvgIpc) is 3.36. The lowest BCUT2D eigenvalue weighted by Gasteiger charge is -2.43. The number of hydrogen-bond acceptors (Lipinski definition) is 6.